The highest BCUT2D eigenvalue weighted by atomic mass is 16.5. The predicted molar refractivity (Wildman–Crippen MR) is 546 cm³/mol. The molecule has 0 aliphatic heterocycles. The third kappa shape index (κ3) is 16.6. The van der Waals surface area contributed by atoms with Gasteiger partial charge in [0.05, 0.1) is 36.1 Å². The molecule has 1 N–H and O–H groups in total. The molecular formula is C127H108O7. The van der Waals surface area contributed by atoms with Crippen molar-refractivity contribution < 1.29 is 33.5 Å². The van der Waals surface area contributed by atoms with Crippen LogP contribution in [0.5, 0.6) is 51.7 Å². The van der Waals surface area contributed by atoms with Crippen molar-refractivity contribution in [3.8, 4) is 119 Å². The Kier molecular flexibility index (Phi) is 24.5. The monoisotopic (exact) mass is 1740 g/mol. The minimum absolute atomic E-state index is 0.425. The van der Waals surface area contributed by atoms with Crippen molar-refractivity contribution >= 4 is 0 Å². The molecule has 1 unspecified atom stereocenters. The van der Waals surface area contributed by atoms with Gasteiger partial charge < -0.3 is 33.5 Å². The summed E-state index contributed by atoms with van der Waals surface area (Å²) >= 11 is 0. The maximum Gasteiger partial charge on any atom is 0.133 e. The zero-order valence-electron chi connectivity index (χ0n) is 76.8. The summed E-state index contributed by atoms with van der Waals surface area (Å²) in [7, 11) is 3.42. The minimum atomic E-state index is -1.09. The topological polar surface area (TPSA) is 75.6 Å². The van der Waals surface area contributed by atoms with Gasteiger partial charge in [-0.25, -0.2) is 0 Å². The fourth-order valence-corrected chi connectivity index (χ4v) is 20.9. The van der Waals surface area contributed by atoms with Gasteiger partial charge in [-0.2, -0.15) is 0 Å². The van der Waals surface area contributed by atoms with Gasteiger partial charge in [0.1, 0.15) is 58.4 Å². The summed E-state index contributed by atoms with van der Waals surface area (Å²) < 4.78 is 37.3. The van der Waals surface area contributed by atoms with Crippen molar-refractivity contribution in [2.24, 2.45) is 0 Å². The van der Waals surface area contributed by atoms with Gasteiger partial charge in [-0.05, 0) is 275 Å². The molecule has 18 aromatic carbocycles. The molecule has 0 heterocycles. The Labute approximate surface area is 788 Å². The quantitative estimate of drug-likeness (QED) is 0.0468. The van der Waals surface area contributed by atoms with Crippen LogP contribution >= 0.6 is 0 Å². The van der Waals surface area contributed by atoms with Crippen LogP contribution in [0.2, 0.25) is 0 Å². The fourth-order valence-electron chi connectivity index (χ4n) is 20.9. The second-order valence-electron chi connectivity index (χ2n) is 36.0. The number of ether oxygens (including phenoxy) is 6. The summed E-state index contributed by atoms with van der Waals surface area (Å²) in [5, 5.41) is 12.3. The summed E-state index contributed by atoms with van der Waals surface area (Å²) in [6.07, 6.45) is 8.94. The lowest BCUT2D eigenvalue weighted by Crippen LogP contribution is -2.28. The maximum atomic E-state index is 12.3. The number of benzene rings is 18. The van der Waals surface area contributed by atoms with Gasteiger partial charge >= 0.3 is 0 Å². The molecule has 18 aromatic rings. The molecule has 1 atom stereocenters. The molecular weight excluding hydrogens is 1640 g/mol. The first kappa shape index (κ1) is 86.7. The van der Waals surface area contributed by atoms with E-state index in [0.717, 1.165) is 97.6 Å². The number of aliphatic hydroxyl groups is 1. The third-order valence-electron chi connectivity index (χ3n) is 27.7. The molecule has 0 aromatic heterocycles. The minimum Gasteiger partial charge on any atom is -0.497 e. The summed E-state index contributed by atoms with van der Waals surface area (Å²) in [5.74, 6) is 7.01. The zero-order valence-corrected chi connectivity index (χ0v) is 76.8. The molecule has 658 valence electrons. The summed E-state index contributed by atoms with van der Waals surface area (Å²) in [4.78, 5) is 0. The number of methoxy groups -OCH3 is 2. The number of hydrogen-bond donors (Lipinski definition) is 1. The Morgan fingerprint density at radius 3 is 0.828 bits per heavy atom. The molecule has 0 radical (unpaired) electrons. The first-order valence-corrected chi connectivity index (χ1v) is 47.1. The zero-order chi connectivity index (χ0) is 91.2. The summed E-state index contributed by atoms with van der Waals surface area (Å²) in [6, 6.07) is 153. The van der Waals surface area contributed by atoms with E-state index in [-0.39, 0.29) is 0 Å². The second kappa shape index (κ2) is 37.9. The highest BCUT2D eigenvalue weighted by Crippen LogP contribution is 2.60. The molecule has 7 nitrogen and oxygen atoms in total. The van der Waals surface area contributed by atoms with Crippen molar-refractivity contribution in [1.82, 2.24) is 0 Å². The van der Waals surface area contributed by atoms with Gasteiger partial charge in [0.15, 0.2) is 0 Å². The first-order chi connectivity index (χ1) is 65.8. The van der Waals surface area contributed by atoms with Crippen molar-refractivity contribution in [3.05, 3.63) is 520 Å². The van der Waals surface area contributed by atoms with E-state index in [9.17, 15) is 5.11 Å². The molecule has 0 amide bonds. The van der Waals surface area contributed by atoms with E-state index in [0.29, 0.717) is 24.5 Å². The average Bonchev–Trinajstić information content (AvgIpc) is 1.55. The van der Waals surface area contributed by atoms with E-state index >= 15 is 0 Å². The normalized spacial score (nSPS) is 13.4. The smallest absolute Gasteiger partial charge is 0.133 e. The highest BCUT2D eigenvalue weighted by Gasteiger charge is 2.49. The first-order valence-electron chi connectivity index (χ1n) is 47.1. The molecule has 21 rings (SSSR count). The summed E-state index contributed by atoms with van der Waals surface area (Å²) in [5.41, 5.74) is 30.5. The van der Waals surface area contributed by atoms with Gasteiger partial charge in [0.2, 0.25) is 0 Å². The van der Waals surface area contributed by atoms with Crippen LogP contribution in [0.15, 0.2) is 431 Å². The van der Waals surface area contributed by atoms with Crippen molar-refractivity contribution in [3.63, 3.8) is 0 Å². The van der Waals surface area contributed by atoms with Crippen LogP contribution in [0.1, 0.15) is 154 Å². The molecule has 7 heteroatoms. The van der Waals surface area contributed by atoms with Gasteiger partial charge in [0, 0.05) is 5.56 Å². The van der Waals surface area contributed by atoms with Crippen LogP contribution in [0.25, 0.3) is 66.8 Å². The molecule has 0 spiro atoms. The molecule has 0 saturated carbocycles. The van der Waals surface area contributed by atoms with Gasteiger partial charge in [-0.1, -0.05) is 385 Å². The molecule has 3 aliphatic rings. The number of aryl methyl sites for hydroxylation is 2. The van der Waals surface area contributed by atoms with E-state index in [1.807, 2.05) is 37.3 Å². The molecule has 0 saturated heterocycles. The highest BCUT2D eigenvalue weighted by molar-refractivity contribution is 5.90. The standard InChI is InChI=1S/C88H78O5.C39H30O2/c1-5-6-7-8-9-10-19-58-86(3,89)84-59-66(65-32-28-61(2)29-33-65)38-57-85(84)93-75-55-45-70(46-56-75)88(82-26-17-13-22-78(82)79-23-14-18-27-83(79)88)68-41-51-72(52-42-68)91-60-62-30-34-63(35-31-62)64-36-47-73(48-37-64)92-74-53-43-69(44-54-74)87(67-39-49-71(90-4)50-40-67)80-24-15-11-20-76(80)77-21-12-16-25-81(77)87;1-27-11-13-28(14-12-27)29-15-21-33(22-16-29)41-34-25-19-31(20-26-34)39(30-17-23-32(40-2)24-18-30)37-9-5-3-7-35(37)36-8-4-6-10-38(36)39/h11-18,20-57,59,89H,5-10,19,58,60H2,1-4H3;3-26H,1-2H3. The van der Waals surface area contributed by atoms with Gasteiger partial charge in [-0.15, -0.1) is 0 Å². The lowest BCUT2D eigenvalue weighted by Gasteiger charge is -2.34. The third-order valence-corrected chi connectivity index (χ3v) is 27.7. The molecule has 134 heavy (non-hydrogen) atoms. The van der Waals surface area contributed by atoms with Crippen LogP contribution in [0.3, 0.4) is 0 Å². The van der Waals surface area contributed by atoms with Crippen LogP contribution in [0, 0.1) is 13.8 Å². The van der Waals surface area contributed by atoms with E-state index in [4.69, 9.17) is 28.4 Å². The average molecular weight is 1750 g/mol. The Balaban J connectivity index is 0.000000225. The van der Waals surface area contributed by atoms with Crippen LogP contribution < -0.4 is 28.4 Å². The van der Waals surface area contributed by atoms with E-state index in [2.05, 4.69) is 421 Å². The Morgan fingerprint density at radius 1 is 0.254 bits per heavy atom. The number of hydrogen-bond acceptors (Lipinski definition) is 7. The van der Waals surface area contributed by atoms with E-state index < -0.39 is 21.8 Å². The van der Waals surface area contributed by atoms with Crippen LogP contribution in [0.4, 0.5) is 0 Å². The Morgan fingerprint density at radius 2 is 0.507 bits per heavy atom. The number of fused-ring (bicyclic) bond motifs is 9. The molecule has 0 fully saturated rings. The maximum absolute atomic E-state index is 12.3. The SMILES string of the molecule is CCCCCCCCCC(C)(O)c1cc(-c2ccc(C)cc2)ccc1Oc1ccc(C2(c3ccc(OCc4ccc(-c5ccc(Oc6ccc(C7(c8ccc(OC)cc8)c8ccccc8-c8ccccc87)cc6)cc5)cc4)cc3)c3ccccc3-c3ccccc32)cc1.COc1ccc(C2(c3ccc(Oc4ccc(-c5ccc(C)cc5)cc4)cc3)c3ccccc3-c3ccccc32)cc1. The summed E-state index contributed by atoms with van der Waals surface area (Å²) in [6.45, 7) is 8.85. The van der Waals surface area contributed by atoms with Gasteiger partial charge in [0.25, 0.3) is 0 Å². The lowest BCUT2D eigenvalue weighted by atomic mass is 9.68. The largest absolute Gasteiger partial charge is 0.497 e. The second-order valence-corrected chi connectivity index (χ2v) is 36.0. The Bertz CT molecular complexity index is 7010. The lowest BCUT2D eigenvalue weighted by molar-refractivity contribution is 0.0428. The van der Waals surface area contributed by atoms with E-state index in [1.165, 1.54) is 143 Å². The molecule has 0 bridgehead atoms. The van der Waals surface area contributed by atoms with Crippen molar-refractivity contribution in [1.29, 1.82) is 0 Å². The Hall–Kier alpha value is -15.3. The fraction of sp³-hybridized carbons (Fsp3) is 0.150. The van der Waals surface area contributed by atoms with Gasteiger partial charge in [-0.3, -0.25) is 0 Å². The number of unbranched alkanes of at least 4 members (excludes halogenated alkanes) is 6. The van der Waals surface area contributed by atoms with Crippen molar-refractivity contribution in [2.75, 3.05) is 14.2 Å². The van der Waals surface area contributed by atoms with Crippen molar-refractivity contribution in [2.45, 2.75) is 108 Å². The predicted octanol–water partition coefficient (Wildman–Crippen LogP) is 32.4. The van der Waals surface area contributed by atoms with Crippen LogP contribution in [-0.4, -0.2) is 19.3 Å². The number of rotatable bonds is 29. The van der Waals surface area contributed by atoms with Crippen LogP contribution in [-0.2, 0) is 28.5 Å². The van der Waals surface area contributed by atoms with E-state index in [1.54, 1.807) is 14.2 Å². The molecule has 3 aliphatic carbocycles.